The van der Waals surface area contributed by atoms with Gasteiger partial charge in [-0.3, -0.25) is 9.62 Å². The SMILES string of the molecule is CC(C)c1noc(N2CCC(COc3ccc(-c4ccc(SNCCN5CCOCC5)cc4)cc3)CC2)n1. The minimum atomic E-state index is 0.279. The molecule has 5 rings (SSSR count). The highest BCUT2D eigenvalue weighted by Gasteiger charge is 2.24. The zero-order chi connectivity index (χ0) is 26.2. The molecule has 0 amide bonds. The molecule has 9 heteroatoms. The van der Waals surface area contributed by atoms with Gasteiger partial charge in [0.25, 0.3) is 0 Å². The molecule has 38 heavy (non-hydrogen) atoms. The van der Waals surface area contributed by atoms with Crippen LogP contribution in [0.3, 0.4) is 0 Å². The van der Waals surface area contributed by atoms with E-state index in [1.165, 1.54) is 16.0 Å². The lowest BCUT2D eigenvalue weighted by Gasteiger charge is -2.30. The molecule has 0 spiro atoms. The first kappa shape index (κ1) is 27.0. The summed E-state index contributed by atoms with van der Waals surface area (Å²) in [7, 11) is 0. The average Bonchev–Trinajstić information content (AvgIpc) is 3.47. The fourth-order valence-electron chi connectivity index (χ4n) is 4.72. The van der Waals surface area contributed by atoms with Crippen LogP contribution in [0.1, 0.15) is 38.4 Å². The first-order valence-electron chi connectivity index (χ1n) is 13.8. The Balaban J connectivity index is 1.02. The molecule has 1 N–H and O–H groups in total. The van der Waals surface area contributed by atoms with Crippen molar-refractivity contribution in [2.24, 2.45) is 5.92 Å². The molecule has 8 nitrogen and oxygen atoms in total. The van der Waals surface area contributed by atoms with Gasteiger partial charge in [0.2, 0.25) is 0 Å². The van der Waals surface area contributed by atoms with E-state index in [1.54, 1.807) is 11.9 Å². The summed E-state index contributed by atoms with van der Waals surface area (Å²) in [5.74, 6) is 2.51. The van der Waals surface area contributed by atoms with Crippen molar-refractivity contribution >= 4 is 18.0 Å². The molecule has 0 unspecified atom stereocenters. The molecule has 204 valence electrons. The summed E-state index contributed by atoms with van der Waals surface area (Å²) in [6.07, 6.45) is 2.12. The predicted octanol–water partition coefficient (Wildman–Crippen LogP) is 5.08. The summed E-state index contributed by atoms with van der Waals surface area (Å²) in [6, 6.07) is 17.8. The second-order valence-corrected chi connectivity index (χ2v) is 11.3. The molecule has 1 aromatic heterocycles. The molecule has 3 aromatic rings. The maximum absolute atomic E-state index is 6.14. The maximum Gasteiger partial charge on any atom is 0.324 e. The molecule has 2 fully saturated rings. The average molecular weight is 538 g/mol. The number of ether oxygens (including phenoxy) is 2. The second-order valence-electron chi connectivity index (χ2n) is 10.3. The third-order valence-electron chi connectivity index (χ3n) is 7.18. The quantitative estimate of drug-likeness (QED) is 0.266. The van der Waals surface area contributed by atoms with Crippen LogP contribution in [0.2, 0.25) is 0 Å². The molecule has 2 aliphatic heterocycles. The normalized spacial score (nSPS) is 17.3. The van der Waals surface area contributed by atoms with Crippen LogP contribution < -0.4 is 14.4 Å². The topological polar surface area (TPSA) is 75.9 Å². The van der Waals surface area contributed by atoms with Gasteiger partial charge >= 0.3 is 6.01 Å². The first-order chi connectivity index (χ1) is 18.6. The van der Waals surface area contributed by atoms with Gasteiger partial charge in [0.15, 0.2) is 5.82 Å². The van der Waals surface area contributed by atoms with Crippen molar-refractivity contribution in [2.75, 3.05) is 64.0 Å². The van der Waals surface area contributed by atoms with Gasteiger partial charge in [-0.25, -0.2) is 0 Å². The highest BCUT2D eigenvalue weighted by molar-refractivity contribution is 7.97. The fraction of sp³-hybridized carbons (Fsp3) is 0.517. The van der Waals surface area contributed by atoms with Crippen LogP contribution in [0.25, 0.3) is 11.1 Å². The largest absolute Gasteiger partial charge is 0.493 e. The van der Waals surface area contributed by atoms with Gasteiger partial charge in [0.05, 0.1) is 19.8 Å². The molecular weight excluding hydrogens is 498 g/mol. The number of hydrogen-bond donors (Lipinski definition) is 1. The summed E-state index contributed by atoms with van der Waals surface area (Å²) < 4.78 is 20.5. The van der Waals surface area contributed by atoms with E-state index in [0.717, 1.165) is 83.5 Å². The number of nitrogens with zero attached hydrogens (tertiary/aromatic N) is 4. The van der Waals surface area contributed by atoms with Gasteiger partial charge in [0, 0.05) is 50.1 Å². The third-order valence-corrected chi connectivity index (χ3v) is 8.04. The molecule has 0 saturated carbocycles. The van der Waals surface area contributed by atoms with Crippen molar-refractivity contribution in [1.29, 1.82) is 0 Å². The monoisotopic (exact) mass is 537 g/mol. The fourth-order valence-corrected chi connectivity index (χ4v) is 5.35. The van der Waals surface area contributed by atoms with Gasteiger partial charge in [-0.2, -0.15) is 4.98 Å². The smallest absolute Gasteiger partial charge is 0.324 e. The zero-order valence-electron chi connectivity index (χ0n) is 22.5. The number of aromatic nitrogens is 2. The number of piperidine rings is 1. The summed E-state index contributed by atoms with van der Waals surface area (Å²) in [4.78, 5) is 10.4. The van der Waals surface area contributed by atoms with Crippen LogP contribution in [-0.2, 0) is 4.74 Å². The van der Waals surface area contributed by atoms with Gasteiger partial charge < -0.3 is 18.9 Å². The Hall–Kier alpha value is -2.59. The van der Waals surface area contributed by atoms with Crippen molar-refractivity contribution in [3.63, 3.8) is 0 Å². The number of morpholine rings is 1. The predicted molar refractivity (Wildman–Crippen MR) is 152 cm³/mol. The molecule has 2 aromatic carbocycles. The van der Waals surface area contributed by atoms with Crippen molar-refractivity contribution in [2.45, 2.75) is 37.5 Å². The van der Waals surface area contributed by atoms with E-state index >= 15 is 0 Å². The molecule has 3 heterocycles. The number of hydrogen-bond acceptors (Lipinski definition) is 9. The van der Waals surface area contributed by atoms with Gasteiger partial charge in [-0.05, 0) is 66.1 Å². The van der Waals surface area contributed by atoms with E-state index in [1.807, 2.05) is 0 Å². The minimum Gasteiger partial charge on any atom is -0.493 e. The van der Waals surface area contributed by atoms with Crippen LogP contribution in [-0.4, -0.2) is 74.1 Å². The molecule has 2 aliphatic rings. The van der Waals surface area contributed by atoms with E-state index in [4.69, 9.17) is 14.0 Å². The molecular formula is C29H39N5O3S. The summed E-state index contributed by atoms with van der Waals surface area (Å²) in [5, 5.41) is 4.09. The lowest BCUT2D eigenvalue weighted by molar-refractivity contribution is 0.0391. The molecule has 0 bridgehead atoms. The van der Waals surface area contributed by atoms with E-state index in [-0.39, 0.29) is 5.92 Å². The second kappa shape index (κ2) is 13.5. The lowest BCUT2D eigenvalue weighted by atomic mass is 9.98. The van der Waals surface area contributed by atoms with Crippen molar-refractivity contribution in [1.82, 2.24) is 19.8 Å². The maximum atomic E-state index is 6.14. The molecule has 2 saturated heterocycles. The Morgan fingerprint density at radius 1 is 0.974 bits per heavy atom. The Kier molecular flexibility index (Phi) is 9.57. The van der Waals surface area contributed by atoms with Crippen molar-refractivity contribution in [3.05, 3.63) is 54.4 Å². The van der Waals surface area contributed by atoms with E-state index < -0.39 is 0 Å². The van der Waals surface area contributed by atoms with E-state index in [0.29, 0.717) is 11.9 Å². The lowest BCUT2D eigenvalue weighted by Crippen LogP contribution is -2.39. The number of nitrogens with one attached hydrogen (secondary N) is 1. The van der Waals surface area contributed by atoms with Crippen LogP contribution >= 0.6 is 11.9 Å². The van der Waals surface area contributed by atoms with Crippen LogP contribution in [0.15, 0.2) is 57.9 Å². The third kappa shape index (κ3) is 7.50. The Bertz CT molecular complexity index is 1110. The molecule has 0 atom stereocenters. The summed E-state index contributed by atoms with van der Waals surface area (Å²) >= 11 is 1.69. The highest BCUT2D eigenvalue weighted by Crippen LogP contribution is 2.27. The van der Waals surface area contributed by atoms with E-state index in [2.05, 4.69) is 87.0 Å². The number of rotatable bonds is 11. The van der Waals surface area contributed by atoms with Crippen LogP contribution in [0.5, 0.6) is 5.75 Å². The van der Waals surface area contributed by atoms with Crippen LogP contribution in [0.4, 0.5) is 6.01 Å². The summed E-state index contributed by atoms with van der Waals surface area (Å²) in [6.45, 7) is 12.5. The highest BCUT2D eigenvalue weighted by atomic mass is 32.2. The number of anilines is 1. The van der Waals surface area contributed by atoms with Crippen molar-refractivity contribution in [3.8, 4) is 16.9 Å². The van der Waals surface area contributed by atoms with Crippen LogP contribution in [0, 0.1) is 5.92 Å². The first-order valence-corrected chi connectivity index (χ1v) is 14.6. The Morgan fingerprint density at radius 3 is 2.32 bits per heavy atom. The Labute approximate surface area is 230 Å². The number of benzene rings is 2. The van der Waals surface area contributed by atoms with Gasteiger partial charge in [0.1, 0.15) is 5.75 Å². The van der Waals surface area contributed by atoms with Crippen molar-refractivity contribution < 1.29 is 14.0 Å². The van der Waals surface area contributed by atoms with E-state index in [9.17, 15) is 0 Å². The van der Waals surface area contributed by atoms with Gasteiger partial charge in [-0.1, -0.05) is 43.3 Å². The zero-order valence-corrected chi connectivity index (χ0v) is 23.3. The standard InChI is InChI=1S/C29H39N5O3S/c1-22(2)28-31-29(37-32-28)34-14-11-23(12-15-34)21-36-26-7-3-24(4-8-26)25-5-9-27(10-6-25)38-30-13-16-33-17-19-35-20-18-33/h3-10,22-23,30H,11-21H2,1-2H3. The summed E-state index contributed by atoms with van der Waals surface area (Å²) in [5.41, 5.74) is 2.41. The molecule has 0 aliphatic carbocycles. The molecule has 0 radical (unpaired) electrons. The minimum absolute atomic E-state index is 0.279. The Morgan fingerprint density at radius 2 is 1.66 bits per heavy atom. The van der Waals surface area contributed by atoms with Gasteiger partial charge in [-0.15, -0.1) is 0 Å².